The van der Waals surface area contributed by atoms with Crippen LogP contribution in [0.1, 0.15) is 11.1 Å². The maximum Gasteiger partial charge on any atom is 0.219 e. The summed E-state index contributed by atoms with van der Waals surface area (Å²) in [6, 6.07) is 15.8. The molecule has 3 aromatic rings. The summed E-state index contributed by atoms with van der Waals surface area (Å²) in [4.78, 5) is 2.05. The molecule has 0 saturated heterocycles. The van der Waals surface area contributed by atoms with Crippen molar-refractivity contribution in [3.63, 3.8) is 0 Å². The fourth-order valence-electron chi connectivity index (χ4n) is 2.29. The normalized spacial score (nSPS) is 11.2. The first kappa shape index (κ1) is 17.4. The molecule has 128 valence electrons. The lowest BCUT2D eigenvalue weighted by Crippen LogP contribution is -2.08. The van der Waals surface area contributed by atoms with E-state index in [0.717, 1.165) is 16.8 Å². The largest absolute Gasteiger partial charge is 0.378 e. The Kier molecular flexibility index (Phi) is 5.31. The van der Waals surface area contributed by atoms with Gasteiger partial charge in [-0.25, -0.2) is 4.68 Å². The lowest BCUT2D eigenvalue weighted by Gasteiger charge is -2.11. The van der Waals surface area contributed by atoms with E-state index in [2.05, 4.69) is 15.1 Å². The molecule has 0 unspecified atom stereocenters. The highest BCUT2D eigenvalue weighted by Gasteiger charge is 2.04. The number of benzene rings is 2. The van der Waals surface area contributed by atoms with Crippen LogP contribution in [0.15, 0.2) is 60.0 Å². The zero-order valence-electron chi connectivity index (χ0n) is 14.0. The molecule has 0 N–H and O–H groups in total. The molecule has 0 aliphatic heterocycles. The van der Waals surface area contributed by atoms with Crippen molar-refractivity contribution in [2.24, 2.45) is 5.10 Å². The number of nitrogens with zero attached hydrogens (tertiary/aromatic N) is 5. The summed E-state index contributed by atoms with van der Waals surface area (Å²) in [5.41, 5.74) is 3.10. The summed E-state index contributed by atoms with van der Waals surface area (Å²) in [7, 11) is 4.02. The van der Waals surface area contributed by atoms with Gasteiger partial charge < -0.3 is 4.90 Å². The maximum atomic E-state index is 6.19. The number of hydrogen-bond donors (Lipinski definition) is 0. The van der Waals surface area contributed by atoms with Gasteiger partial charge in [0.2, 0.25) is 4.77 Å². The Balaban J connectivity index is 1.77. The molecule has 25 heavy (non-hydrogen) atoms. The van der Waals surface area contributed by atoms with Crippen molar-refractivity contribution in [1.29, 1.82) is 0 Å². The molecule has 0 radical (unpaired) electrons. The highest BCUT2D eigenvalue weighted by Crippen LogP contribution is 2.16. The molecule has 2 aromatic carbocycles. The van der Waals surface area contributed by atoms with Gasteiger partial charge in [-0.3, -0.25) is 0 Å². The summed E-state index contributed by atoms with van der Waals surface area (Å²) in [5.74, 6) is 0. The standard InChI is InChI=1S/C18H18ClN5S/c1-22(2)16-9-7-14(8-10-16)11-20-24-13-21-23(18(24)25)12-15-5-3-4-6-17(15)19/h3-11,13H,12H2,1-2H3/b20-11-. The molecule has 1 aromatic heterocycles. The van der Waals surface area contributed by atoms with Crippen LogP contribution in [0.2, 0.25) is 5.02 Å². The smallest absolute Gasteiger partial charge is 0.219 e. The average Bonchev–Trinajstić information content (AvgIpc) is 2.95. The molecule has 7 heteroatoms. The van der Waals surface area contributed by atoms with E-state index >= 15 is 0 Å². The van der Waals surface area contributed by atoms with Crippen LogP contribution in [0.4, 0.5) is 5.69 Å². The van der Waals surface area contributed by atoms with Crippen LogP contribution in [0.25, 0.3) is 0 Å². The van der Waals surface area contributed by atoms with Crippen molar-refractivity contribution in [3.05, 3.63) is 75.8 Å². The van der Waals surface area contributed by atoms with Gasteiger partial charge in [0, 0.05) is 24.8 Å². The third-order valence-corrected chi connectivity index (χ3v) is 4.50. The summed E-state index contributed by atoms with van der Waals surface area (Å²) < 4.78 is 3.79. The summed E-state index contributed by atoms with van der Waals surface area (Å²) in [5, 5.41) is 9.39. The molecule has 0 saturated carbocycles. The second-order valence-corrected chi connectivity index (χ2v) is 6.51. The van der Waals surface area contributed by atoms with Gasteiger partial charge in [0.1, 0.15) is 6.33 Å². The topological polar surface area (TPSA) is 38.4 Å². The predicted octanol–water partition coefficient (Wildman–Crippen LogP) is 4.06. The lowest BCUT2D eigenvalue weighted by molar-refractivity contribution is 0.666. The van der Waals surface area contributed by atoms with Gasteiger partial charge in [-0.05, 0) is 41.5 Å². The van der Waals surface area contributed by atoms with Crippen molar-refractivity contribution in [3.8, 4) is 0 Å². The first-order valence-electron chi connectivity index (χ1n) is 7.74. The number of anilines is 1. The van der Waals surface area contributed by atoms with Gasteiger partial charge in [-0.2, -0.15) is 14.9 Å². The average molecular weight is 372 g/mol. The Hall–Kier alpha value is -2.44. The Morgan fingerprint density at radius 3 is 2.56 bits per heavy atom. The Morgan fingerprint density at radius 2 is 1.88 bits per heavy atom. The minimum absolute atomic E-state index is 0.512. The lowest BCUT2D eigenvalue weighted by atomic mass is 10.2. The van der Waals surface area contributed by atoms with Crippen LogP contribution in [0.3, 0.4) is 0 Å². The van der Waals surface area contributed by atoms with Crippen molar-refractivity contribution in [2.75, 3.05) is 19.0 Å². The van der Waals surface area contributed by atoms with Crippen LogP contribution in [-0.4, -0.2) is 34.8 Å². The van der Waals surface area contributed by atoms with E-state index in [-0.39, 0.29) is 0 Å². The SMILES string of the molecule is CN(C)c1ccc(/C=N\n2cnn(Cc3ccccc3Cl)c2=S)cc1. The van der Waals surface area contributed by atoms with Crippen molar-refractivity contribution in [1.82, 2.24) is 14.5 Å². The van der Waals surface area contributed by atoms with Crippen LogP contribution in [0, 0.1) is 4.77 Å². The number of aromatic nitrogens is 3. The summed E-state index contributed by atoms with van der Waals surface area (Å²) >= 11 is 11.6. The van der Waals surface area contributed by atoms with E-state index in [4.69, 9.17) is 23.8 Å². The number of rotatable bonds is 5. The van der Waals surface area contributed by atoms with Crippen LogP contribution < -0.4 is 4.90 Å². The Labute approximate surface area is 156 Å². The molecule has 0 atom stereocenters. The van der Waals surface area contributed by atoms with Crippen LogP contribution in [0.5, 0.6) is 0 Å². The van der Waals surface area contributed by atoms with Gasteiger partial charge in [0.15, 0.2) is 0 Å². The molecule has 5 nitrogen and oxygen atoms in total. The monoisotopic (exact) mass is 371 g/mol. The Bertz CT molecular complexity index is 941. The third kappa shape index (κ3) is 4.15. The highest BCUT2D eigenvalue weighted by atomic mass is 35.5. The van der Waals surface area contributed by atoms with Crippen molar-refractivity contribution < 1.29 is 0 Å². The number of halogens is 1. The molecule has 3 rings (SSSR count). The molecule has 0 aliphatic rings. The summed E-state index contributed by atoms with van der Waals surface area (Å²) in [6.07, 6.45) is 3.36. The molecule has 0 aliphatic carbocycles. The van der Waals surface area contributed by atoms with E-state index in [1.165, 1.54) is 0 Å². The molecule has 0 fully saturated rings. The van der Waals surface area contributed by atoms with E-state index in [0.29, 0.717) is 16.3 Å². The molecule has 0 amide bonds. The quantitative estimate of drug-likeness (QED) is 0.501. The molecule has 1 heterocycles. The number of hydrogen-bond acceptors (Lipinski definition) is 4. The molecular weight excluding hydrogens is 354 g/mol. The van der Waals surface area contributed by atoms with Crippen LogP contribution in [-0.2, 0) is 6.54 Å². The van der Waals surface area contributed by atoms with Gasteiger partial charge in [0.25, 0.3) is 0 Å². The second kappa shape index (κ2) is 7.63. The fraction of sp³-hybridized carbons (Fsp3) is 0.167. The van der Waals surface area contributed by atoms with E-state index in [1.54, 1.807) is 21.9 Å². The zero-order valence-corrected chi connectivity index (χ0v) is 15.6. The predicted molar refractivity (Wildman–Crippen MR) is 105 cm³/mol. The van der Waals surface area contributed by atoms with Crippen LogP contribution >= 0.6 is 23.8 Å². The second-order valence-electron chi connectivity index (χ2n) is 5.74. The zero-order chi connectivity index (χ0) is 17.8. The van der Waals surface area contributed by atoms with Crippen molar-refractivity contribution >= 4 is 35.7 Å². The summed E-state index contributed by atoms with van der Waals surface area (Å²) in [6.45, 7) is 0.512. The Morgan fingerprint density at radius 1 is 1.16 bits per heavy atom. The maximum absolute atomic E-state index is 6.19. The van der Waals surface area contributed by atoms with Gasteiger partial charge in [-0.15, -0.1) is 0 Å². The van der Waals surface area contributed by atoms with Gasteiger partial charge >= 0.3 is 0 Å². The third-order valence-electron chi connectivity index (χ3n) is 3.74. The minimum Gasteiger partial charge on any atom is -0.378 e. The van der Waals surface area contributed by atoms with Crippen molar-refractivity contribution in [2.45, 2.75) is 6.54 Å². The van der Waals surface area contributed by atoms with Gasteiger partial charge in [-0.1, -0.05) is 41.9 Å². The van der Waals surface area contributed by atoms with Gasteiger partial charge in [0.05, 0.1) is 12.8 Å². The minimum atomic E-state index is 0.512. The highest BCUT2D eigenvalue weighted by molar-refractivity contribution is 7.71. The first-order chi connectivity index (χ1) is 12.0. The van der Waals surface area contributed by atoms with E-state index < -0.39 is 0 Å². The molecule has 0 bridgehead atoms. The molecule has 0 spiro atoms. The van der Waals surface area contributed by atoms with E-state index in [9.17, 15) is 0 Å². The van der Waals surface area contributed by atoms with E-state index in [1.807, 2.05) is 62.6 Å². The first-order valence-corrected chi connectivity index (χ1v) is 8.53. The fourth-order valence-corrected chi connectivity index (χ4v) is 2.69. The molecular formula is C18H18ClN5S.